The lowest BCUT2D eigenvalue weighted by Gasteiger charge is -2.13. The Morgan fingerprint density at radius 2 is 2.15 bits per heavy atom. The van der Waals surface area contributed by atoms with Crippen molar-refractivity contribution in [2.24, 2.45) is 0 Å². The van der Waals surface area contributed by atoms with E-state index in [9.17, 15) is 4.79 Å². The minimum Gasteiger partial charge on any atom is -0.493 e. The summed E-state index contributed by atoms with van der Waals surface area (Å²) in [6, 6.07) is 3.30. The maximum atomic E-state index is 10.8. The highest BCUT2D eigenvalue weighted by atomic mass is 79.9. The van der Waals surface area contributed by atoms with E-state index in [-0.39, 0.29) is 0 Å². The fraction of sp³-hybridized carbons (Fsp3) is 0.286. The molecule has 2 rings (SSSR count). The number of aromatic nitrogens is 1. The van der Waals surface area contributed by atoms with Crippen LogP contribution in [0.4, 0.5) is 0 Å². The number of hydrogen-bond acceptors (Lipinski definition) is 5. The van der Waals surface area contributed by atoms with Crippen molar-refractivity contribution in [3.05, 3.63) is 39.2 Å². The Bertz CT molecular complexity index is 617. The van der Waals surface area contributed by atoms with Crippen LogP contribution in [0, 0.1) is 13.8 Å². The lowest BCUT2D eigenvalue weighted by atomic mass is 10.2. The van der Waals surface area contributed by atoms with Crippen LogP contribution >= 0.6 is 15.9 Å². The highest BCUT2D eigenvalue weighted by molar-refractivity contribution is 9.10. The number of rotatable bonds is 5. The molecule has 0 atom stereocenters. The van der Waals surface area contributed by atoms with Crippen LogP contribution in [0.25, 0.3) is 0 Å². The highest BCUT2D eigenvalue weighted by Crippen LogP contribution is 2.37. The fourth-order valence-corrected chi connectivity index (χ4v) is 2.37. The molecule has 0 fully saturated rings. The second-order valence-electron chi connectivity index (χ2n) is 4.24. The van der Waals surface area contributed by atoms with Gasteiger partial charge in [0.2, 0.25) is 0 Å². The summed E-state index contributed by atoms with van der Waals surface area (Å²) >= 11 is 3.38. The van der Waals surface area contributed by atoms with Crippen LogP contribution in [0.2, 0.25) is 0 Å². The Kier molecular flexibility index (Phi) is 4.44. The first-order chi connectivity index (χ1) is 9.56. The van der Waals surface area contributed by atoms with Crippen molar-refractivity contribution in [1.82, 2.24) is 5.16 Å². The molecule has 0 amide bonds. The molecule has 0 bridgehead atoms. The molecule has 2 aromatic rings. The number of benzene rings is 1. The van der Waals surface area contributed by atoms with Gasteiger partial charge in [0.05, 0.1) is 22.8 Å². The summed E-state index contributed by atoms with van der Waals surface area (Å²) in [5, 5.41) is 3.88. The molecule has 1 aromatic carbocycles. The normalized spacial score (nSPS) is 10.4. The van der Waals surface area contributed by atoms with Crippen molar-refractivity contribution >= 4 is 22.2 Å². The van der Waals surface area contributed by atoms with E-state index >= 15 is 0 Å². The summed E-state index contributed by atoms with van der Waals surface area (Å²) in [5.74, 6) is 1.76. The summed E-state index contributed by atoms with van der Waals surface area (Å²) < 4.78 is 16.8. The third-order valence-electron chi connectivity index (χ3n) is 2.93. The molecule has 0 N–H and O–H groups in total. The SMILES string of the molecule is COc1cc(C=O)cc(Br)c1OCc1c(C)noc1C. The number of carbonyl (C=O) groups excluding carboxylic acids is 1. The van der Waals surface area contributed by atoms with E-state index in [1.54, 1.807) is 12.1 Å². The van der Waals surface area contributed by atoms with Gasteiger partial charge in [0, 0.05) is 5.56 Å². The molecule has 0 radical (unpaired) electrons. The fourth-order valence-electron chi connectivity index (χ4n) is 1.80. The second-order valence-corrected chi connectivity index (χ2v) is 5.10. The van der Waals surface area contributed by atoms with Gasteiger partial charge in [0.25, 0.3) is 0 Å². The third-order valence-corrected chi connectivity index (χ3v) is 3.52. The minimum atomic E-state index is 0.316. The first-order valence-electron chi connectivity index (χ1n) is 5.94. The molecule has 1 heterocycles. The number of halogens is 1. The zero-order chi connectivity index (χ0) is 14.7. The predicted octanol–water partition coefficient (Wildman–Crippen LogP) is 3.45. The smallest absolute Gasteiger partial charge is 0.175 e. The van der Waals surface area contributed by atoms with Gasteiger partial charge in [-0.3, -0.25) is 4.79 Å². The maximum Gasteiger partial charge on any atom is 0.175 e. The molecule has 0 aliphatic heterocycles. The molecule has 6 heteroatoms. The van der Waals surface area contributed by atoms with Crippen molar-refractivity contribution in [2.75, 3.05) is 7.11 Å². The Morgan fingerprint density at radius 3 is 2.70 bits per heavy atom. The van der Waals surface area contributed by atoms with Gasteiger partial charge in [0.1, 0.15) is 18.7 Å². The van der Waals surface area contributed by atoms with Gasteiger partial charge < -0.3 is 14.0 Å². The number of hydrogen-bond donors (Lipinski definition) is 0. The van der Waals surface area contributed by atoms with Crippen LogP contribution in [0.1, 0.15) is 27.4 Å². The number of aryl methyl sites for hydroxylation is 2. The van der Waals surface area contributed by atoms with Gasteiger partial charge in [0.15, 0.2) is 11.5 Å². The maximum absolute atomic E-state index is 10.8. The van der Waals surface area contributed by atoms with E-state index in [4.69, 9.17) is 14.0 Å². The van der Waals surface area contributed by atoms with Gasteiger partial charge >= 0.3 is 0 Å². The van der Waals surface area contributed by atoms with E-state index in [0.29, 0.717) is 28.1 Å². The average Bonchev–Trinajstić information content (AvgIpc) is 2.76. The quantitative estimate of drug-likeness (QED) is 0.780. The number of carbonyl (C=O) groups is 1. The highest BCUT2D eigenvalue weighted by Gasteiger charge is 2.15. The Morgan fingerprint density at radius 1 is 1.40 bits per heavy atom. The molecule has 0 aliphatic carbocycles. The topological polar surface area (TPSA) is 61.6 Å². The van der Waals surface area contributed by atoms with Crippen LogP contribution < -0.4 is 9.47 Å². The second kappa shape index (κ2) is 6.09. The first-order valence-corrected chi connectivity index (χ1v) is 6.73. The molecule has 0 unspecified atom stereocenters. The van der Waals surface area contributed by atoms with Crippen LogP contribution in [0.3, 0.4) is 0 Å². The molecule has 0 saturated carbocycles. The number of nitrogens with zero attached hydrogens (tertiary/aromatic N) is 1. The van der Waals surface area contributed by atoms with Crippen molar-refractivity contribution < 1.29 is 18.8 Å². The van der Waals surface area contributed by atoms with Crippen molar-refractivity contribution in [3.8, 4) is 11.5 Å². The molecule has 5 nitrogen and oxygen atoms in total. The predicted molar refractivity (Wildman–Crippen MR) is 76.4 cm³/mol. The lowest BCUT2D eigenvalue weighted by Crippen LogP contribution is -2.01. The summed E-state index contributed by atoms with van der Waals surface area (Å²) in [4.78, 5) is 10.8. The number of aldehydes is 1. The van der Waals surface area contributed by atoms with Crippen molar-refractivity contribution in [1.29, 1.82) is 0 Å². The van der Waals surface area contributed by atoms with E-state index in [2.05, 4.69) is 21.1 Å². The molecule has 1 aromatic heterocycles. The standard InChI is InChI=1S/C14H14BrNO4/c1-8-11(9(2)20-16-8)7-19-14-12(15)4-10(6-17)5-13(14)18-3/h4-6H,7H2,1-3H3. The Balaban J connectivity index is 2.27. The van der Waals surface area contributed by atoms with E-state index in [0.717, 1.165) is 23.3 Å². The van der Waals surface area contributed by atoms with E-state index < -0.39 is 0 Å². The summed E-state index contributed by atoms with van der Waals surface area (Å²) in [6.07, 6.45) is 0.755. The third kappa shape index (κ3) is 2.85. The van der Waals surface area contributed by atoms with Gasteiger partial charge in [-0.05, 0) is 41.9 Å². The summed E-state index contributed by atoms with van der Waals surface area (Å²) in [7, 11) is 1.53. The van der Waals surface area contributed by atoms with Crippen LogP contribution in [0.5, 0.6) is 11.5 Å². The molecule has 20 heavy (non-hydrogen) atoms. The summed E-state index contributed by atoms with van der Waals surface area (Å²) in [5.41, 5.74) is 2.21. The van der Waals surface area contributed by atoms with Gasteiger partial charge in [-0.15, -0.1) is 0 Å². The molecule has 0 aliphatic rings. The lowest BCUT2D eigenvalue weighted by molar-refractivity contribution is 0.112. The largest absolute Gasteiger partial charge is 0.493 e. The monoisotopic (exact) mass is 339 g/mol. The number of ether oxygens (including phenoxy) is 2. The van der Waals surface area contributed by atoms with E-state index in [1.165, 1.54) is 7.11 Å². The first kappa shape index (κ1) is 14.6. The van der Waals surface area contributed by atoms with Crippen molar-refractivity contribution in [2.45, 2.75) is 20.5 Å². The average molecular weight is 340 g/mol. The molecule has 0 spiro atoms. The zero-order valence-corrected chi connectivity index (χ0v) is 13.0. The number of methoxy groups -OCH3 is 1. The Labute approximate surface area is 125 Å². The van der Waals surface area contributed by atoms with Gasteiger partial charge in [-0.2, -0.15) is 0 Å². The van der Waals surface area contributed by atoms with Gasteiger partial charge in [-0.1, -0.05) is 5.16 Å². The van der Waals surface area contributed by atoms with Crippen LogP contribution in [-0.4, -0.2) is 18.6 Å². The van der Waals surface area contributed by atoms with Crippen LogP contribution in [-0.2, 0) is 6.61 Å². The molecule has 106 valence electrons. The molecular formula is C14H14BrNO4. The molecule has 0 saturated heterocycles. The van der Waals surface area contributed by atoms with Gasteiger partial charge in [-0.25, -0.2) is 0 Å². The minimum absolute atomic E-state index is 0.316. The van der Waals surface area contributed by atoms with Crippen LogP contribution in [0.15, 0.2) is 21.1 Å². The molecular weight excluding hydrogens is 326 g/mol. The Hall–Kier alpha value is -1.82. The van der Waals surface area contributed by atoms with Crippen molar-refractivity contribution in [3.63, 3.8) is 0 Å². The zero-order valence-electron chi connectivity index (χ0n) is 11.4. The summed E-state index contributed by atoms with van der Waals surface area (Å²) in [6.45, 7) is 4.01. The van der Waals surface area contributed by atoms with E-state index in [1.807, 2.05) is 13.8 Å².